The molecular formula is C16H17ClN2O6S. The molecule has 0 spiro atoms. The normalized spacial score (nSPS) is 12.4. The van der Waals surface area contributed by atoms with Gasteiger partial charge in [-0.25, -0.2) is 8.42 Å². The third kappa shape index (κ3) is 4.84. The molecule has 0 unspecified atom stereocenters. The van der Waals surface area contributed by atoms with Gasteiger partial charge in [-0.15, -0.1) is 0 Å². The van der Waals surface area contributed by atoms with Gasteiger partial charge in [0.25, 0.3) is 0 Å². The standard InChI is InChI=1S/C16H17ClN2O6S/c17-11-3-5-12(6-4-11)26(23,24)14(13-2-1-9-25-13)10-19-16(22)15(21)18-7-8-20/h1-6,9,14,20H,7-8,10H2,(H,18,21)(H,19,22)/t14-/m1/s1. The van der Waals surface area contributed by atoms with Crippen molar-refractivity contribution in [2.24, 2.45) is 0 Å². The van der Waals surface area contributed by atoms with Crippen LogP contribution in [0.2, 0.25) is 5.02 Å². The first-order chi connectivity index (χ1) is 12.4. The van der Waals surface area contributed by atoms with Crippen LogP contribution in [-0.2, 0) is 19.4 Å². The molecule has 1 aromatic carbocycles. The van der Waals surface area contributed by atoms with Crippen LogP contribution in [0.4, 0.5) is 0 Å². The highest BCUT2D eigenvalue weighted by atomic mass is 35.5. The molecule has 26 heavy (non-hydrogen) atoms. The Balaban J connectivity index is 2.21. The Kier molecular flexibility index (Phi) is 6.78. The lowest BCUT2D eigenvalue weighted by Gasteiger charge is -2.16. The van der Waals surface area contributed by atoms with Crippen molar-refractivity contribution in [3.05, 3.63) is 53.4 Å². The molecule has 1 atom stereocenters. The lowest BCUT2D eigenvalue weighted by Crippen LogP contribution is -2.43. The van der Waals surface area contributed by atoms with E-state index in [0.29, 0.717) is 5.02 Å². The number of rotatable bonds is 7. The van der Waals surface area contributed by atoms with Gasteiger partial charge in [-0.3, -0.25) is 9.59 Å². The quantitative estimate of drug-likeness (QED) is 0.586. The SMILES string of the molecule is O=C(NCCO)C(=O)NC[C@H](c1ccco1)S(=O)(=O)c1ccc(Cl)cc1. The molecule has 2 aromatic rings. The molecule has 0 aliphatic heterocycles. The molecule has 0 aliphatic rings. The third-order valence-electron chi connectivity index (χ3n) is 3.43. The molecule has 1 aromatic heterocycles. The van der Waals surface area contributed by atoms with Gasteiger partial charge in [0.15, 0.2) is 9.84 Å². The first-order valence-electron chi connectivity index (χ1n) is 7.56. The summed E-state index contributed by atoms with van der Waals surface area (Å²) in [5.41, 5.74) is 0. The fourth-order valence-electron chi connectivity index (χ4n) is 2.14. The van der Waals surface area contributed by atoms with Gasteiger partial charge in [-0.1, -0.05) is 11.6 Å². The number of benzene rings is 1. The van der Waals surface area contributed by atoms with Crippen molar-refractivity contribution < 1.29 is 27.5 Å². The van der Waals surface area contributed by atoms with Crippen molar-refractivity contribution in [1.82, 2.24) is 10.6 Å². The Morgan fingerprint density at radius 1 is 1.12 bits per heavy atom. The summed E-state index contributed by atoms with van der Waals surface area (Å²) in [4.78, 5) is 23.3. The van der Waals surface area contributed by atoms with E-state index in [-0.39, 0.29) is 30.4 Å². The summed E-state index contributed by atoms with van der Waals surface area (Å²) < 4.78 is 31.0. The number of aliphatic hydroxyl groups excluding tert-OH is 1. The summed E-state index contributed by atoms with van der Waals surface area (Å²) in [5.74, 6) is -1.86. The van der Waals surface area contributed by atoms with Gasteiger partial charge in [0.1, 0.15) is 11.0 Å². The average Bonchev–Trinajstić information content (AvgIpc) is 3.14. The van der Waals surface area contributed by atoms with E-state index in [9.17, 15) is 18.0 Å². The Morgan fingerprint density at radius 2 is 1.77 bits per heavy atom. The maximum Gasteiger partial charge on any atom is 0.309 e. The summed E-state index contributed by atoms with van der Waals surface area (Å²) in [7, 11) is -3.92. The molecule has 3 N–H and O–H groups in total. The number of nitrogens with one attached hydrogen (secondary N) is 2. The smallest absolute Gasteiger partial charge is 0.309 e. The molecule has 0 saturated heterocycles. The minimum absolute atomic E-state index is 0.00211. The maximum absolute atomic E-state index is 12.9. The predicted octanol–water partition coefficient (Wildman–Crippen LogP) is 0.673. The highest BCUT2D eigenvalue weighted by molar-refractivity contribution is 7.91. The second-order valence-electron chi connectivity index (χ2n) is 5.19. The third-order valence-corrected chi connectivity index (χ3v) is 5.76. The highest BCUT2D eigenvalue weighted by Gasteiger charge is 2.32. The van der Waals surface area contributed by atoms with Gasteiger partial charge in [-0.2, -0.15) is 0 Å². The van der Waals surface area contributed by atoms with Crippen molar-refractivity contribution in [3.8, 4) is 0 Å². The predicted molar refractivity (Wildman–Crippen MR) is 93.2 cm³/mol. The van der Waals surface area contributed by atoms with E-state index in [1.54, 1.807) is 0 Å². The van der Waals surface area contributed by atoms with Crippen LogP contribution in [0.25, 0.3) is 0 Å². The lowest BCUT2D eigenvalue weighted by molar-refractivity contribution is -0.139. The van der Waals surface area contributed by atoms with Gasteiger partial charge in [0.05, 0.1) is 17.8 Å². The van der Waals surface area contributed by atoms with Crippen LogP contribution >= 0.6 is 11.6 Å². The minimum atomic E-state index is -3.92. The van der Waals surface area contributed by atoms with Crippen LogP contribution in [0.5, 0.6) is 0 Å². The molecule has 140 valence electrons. The fraction of sp³-hybridized carbons (Fsp3) is 0.250. The zero-order valence-electron chi connectivity index (χ0n) is 13.5. The molecule has 8 nitrogen and oxygen atoms in total. The van der Waals surface area contributed by atoms with Crippen LogP contribution in [-0.4, -0.2) is 45.0 Å². The number of halogens is 1. The zero-order valence-corrected chi connectivity index (χ0v) is 15.1. The van der Waals surface area contributed by atoms with Crippen molar-refractivity contribution in [2.75, 3.05) is 19.7 Å². The van der Waals surface area contributed by atoms with Crippen molar-refractivity contribution in [3.63, 3.8) is 0 Å². The van der Waals surface area contributed by atoms with Crippen LogP contribution in [0, 0.1) is 0 Å². The Bertz CT molecular complexity index is 849. The first-order valence-corrected chi connectivity index (χ1v) is 9.48. The summed E-state index contributed by atoms with van der Waals surface area (Å²) in [5, 5.41) is 12.2. The highest BCUT2D eigenvalue weighted by Crippen LogP contribution is 2.29. The number of amides is 2. The van der Waals surface area contributed by atoms with Crippen LogP contribution in [0.1, 0.15) is 11.0 Å². The van der Waals surface area contributed by atoms with E-state index in [2.05, 4.69) is 10.6 Å². The van der Waals surface area contributed by atoms with E-state index in [4.69, 9.17) is 21.1 Å². The number of furan rings is 1. The van der Waals surface area contributed by atoms with Crippen molar-refractivity contribution >= 4 is 33.3 Å². The minimum Gasteiger partial charge on any atom is -0.468 e. The first kappa shape index (κ1) is 20.0. The monoisotopic (exact) mass is 400 g/mol. The maximum atomic E-state index is 12.9. The van der Waals surface area contributed by atoms with Crippen LogP contribution in [0.3, 0.4) is 0 Å². The molecule has 10 heteroatoms. The van der Waals surface area contributed by atoms with Crippen LogP contribution in [0.15, 0.2) is 52.0 Å². The van der Waals surface area contributed by atoms with Gasteiger partial charge < -0.3 is 20.2 Å². The van der Waals surface area contributed by atoms with E-state index >= 15 is 0 Å². The molecule has 0 saturated carbocycles. The Morgan fingerprint density at radius 3 is 2.35 bits per heavy atom. The van der Waals surface area contributed by atoms with Crippen molar-refractivity contribution in [1.29, 1.82) is 0 Å². The number of carbonyl (C=O) groups is 2. The van der Waals surface area contributed by atoms with Crippen molar-refractivity contribution in [2.45, 2.75) is 10.1 Å². The number of carbonyl (C=O) groups excluding carboxylic acids is 2. The van der Waals surface area contributed by atoms with Gasteiger partial charge in [0, 0.05) is 18.1 Å². The van der Waals surface area contributed by atoms with E-state index in [1.807, 2.05) is 0 Å². The average molecular weight is 401 g/mol. The summed E-state index contributed by atoms with van der Waals surface area (Å²) in [6.07, 6.45) is 1.31. The second kappa shape index (κ2) is 8.84. The van der Waals surface area contributed by atoms with Gasteiger partial charge >= 0.3 is 11.8 Å². The zero-order chi connectivity index (χ0) is 19.2. The molecule has 2 amide bonds. The molecule has 1 heterocycles. The molecule has 0 bridgehead atoms. The summed E-state index contributed by atoms with van der Waals surface area (Å²) in [6, 6.07) is 8.57. The number of hydrogen-bond acceptors (Lipinski definition) is 6. The number of aliphatic hydroxyl groups is 1. The second-order valence-corrected chi connectivity index (χ2v) is 7.76. The molecular weight excluding hydrogens is 384 g/mol. The molecule has 2 rings (SSSR count). The van der Waals surface area contributed by atoms with E-state index in [0.717, 1.165) is 0 Å². The molecule has 0 aliphatic carbocycles. The molecule has 0 radical (unpaired) electrons. The topological polar surface area (TPSA) is 126 Å². The Labute approximate surface area is 155 Å². The number of sulfone groups is 1. The van der Waals surface area contributed by atoms with E-state index in [1.165, 1.54) is 42.7 Å². The number of hydrogen-bond donors (Lipinski definition) is 3. The summed E-state index contributed by atoms with van der Waals surface area (Å²) in [6.45, 7) is -0.778. The Hall–Kier alpha value is -2.36. The van der Waals surface area contributed by atoms with Crippen LogP contribution < -0.4 is 10.6 Å². The van der Waals surface area contributed by atoms with E-state index < -0.39 is 26.9 Å². The molecule has 0 fully saturated rings. The summed E-state index contributed by atoms with van der Waals surface area (Å²) >= 11 is 5.79. The largest absolute Gasteiger partial charge is 0.468 e. The van der Waals surface area contributed by atoms with Gasteiger partial charge in [-0.05, 0) is 36.4 Å². The fourth-order valence-corrected chi connectivity index (χ4v) is 3.85. The lowest BCUT2D eigenvalue weighted by atomic mass is 10.3. The van der Waals surface area contributed by atoms with Gasteiger partial charge in [0.2, 0.25) is 0 Å².